The van der Waals surface area contributed by atoms with Gasteiger partial charge in [0.25, 0.3) is 5.56 Å². The Hall–Kier alpha value is -2.86. The molecule has 2 aromatic heterocycles. The van der Waals surface area contributed by atoms with Crippen molar-refractivity contribution < 1.29 is 9.64 Å². The third kappa shape index (κ3) is 3.53. The molecule has 3 aromatic rings. The summed E-state index contributed by atoms with van der Waals surface area (Å²) in [6, 6.07) is 15.6. The van der Waals surface area contributed by atoms with Crippen LogP contribution in [-0.2, 0) is 6.54 Å². The number of anilines is 1. The SMILES string of the molecule is COc1ccccc1N1CC[NH+](Cc2cc(=O)n3c(C)cccc3n2)CC1. The number of hydrogen-bond acceptors (Lipinski definition) is 4. The zero-order valence-corrected chi connectivity index (χ0v) is 15.8. The van der Waals surface area contributed by atoms with E-state index in [-0.39, 0.29) is 5.56 Å². The molecule has 1 saturated heterocycles. The molecule has 140 valence electrons. The first kappa shape index (κ1) is 17.5. The first-order valence-corrected chi connectivity index (χ1v) is 9.35. The molecule has 0 aliphatic carbocycles. The number of rotatable bonds is 4. The lowest BCUT2D eigenvalue weighted by Crippen LogP contribution is -3.13. The molecule has 27 heavy (non-hydrogen) atoms. The van der Waals surface area contributed by atoms with Crippen LogP contribution in [0.2, 0.25) is 0 Å². The van der Waals surface area contributed by atoms with Gasteiger partial charge in [0, 0.05) is 11.8 Å². The predicted octanol–water partition coefficient (Wildman–Crippen LogP) is 0.917. The van der Waals surface area contributed by atoms with E-state index < -0.39 is 0 Å². The van der Waals surface area contributed by atoms with Crippen LogP contribution in [0.3, 0.4) is 0 Å². The number of pyridine rings is 1. The molecule has 0 bridgehead atoms. The van der Waals surface area contributed by atoms with E-state index in [2.05, 4.69) is 11.0 Å². The van der Waals surface area contributed by atoms with Gasteiger partial charge in [-0.1, -0.05) is 18.2 Å². The van der Waals surface area contributed by atoms with Crippen molar-refractivity contribution in [1.82, 2.24) is 9.38 Å². The van der Waals surface area contributed by atoms with Gasteiger partial charge in [0.1, 0.15) is 23.6 Å². The number of para-hydroxylation sites is 2. The van der Waals surface area contributed by atoms with E-state index in [1.54, 1.807) is 17.6 Å². The van der Waals surface area contributed by atoms with Gasteiger partial charge in [0.15, 0.2) is 0 Å². The van der Waals surface area contributed by atoms with Gasteiger partial charge in [-0.25, -0.2) is 4.98 Å². The number of hydrogen-bond donors (Lipinski definition) is 1. The second-order valence-electron chi connectivity index (χ2n) is 7.03. The summed E-state index contributed by atoms with van der Waals surface area (Å²) in [5, 5.41) is 0. The van der Waals surface area contributed by atoms with Gasteiger partial charge in [-0.3, -0.25) is 9.20 Å². The molecular weight excluding hydrogens is 340 g/mol. The van der Waals surface area contributed by atoms with Gasteiger partial charge >= 0.3 is 0 Å². The first-order chi connectivity index (χ1) is 13.2. The predicted molar refractivity (Wildman–Crippen MR) is 106 cm³/mol. The zero-order valence-electron chi connectivity index (χ0n) is 15.8. The Bertz CT molecular complexity index is 1010. The minimum atomic E-state index is 0.000146. The molecule has 0 atom stereocenters. The van der Waals surface area contributed by atoms with Crippen LogP contribution in [0, 0.1) is 6.92 Å². The Morgan fingerprint density at radius 2 is 1.89 bits per heavy atom. The molecule has 6 heteroatoms. The van der Waals surface area contributed by atoms with Crippen LogP contribution in [0.5, 0.6) is 5.75 Å². The molecule has 1 N–H and O–H groups in total. The largest absolute Gasteiger partial charge is 0.495 e. The minimum Gasteiger partial charge on any atom is -0.495 e. The monoisotopic (exact) mass is 365 g/mol. The van der Waals surface area contributed by atoms with Gasteiger partial charge in [0.2, 0.25) is 0 Å². The van der Waals surface area contributed by atoms with Crippen molar-refractivity contribution in [3.63, 3.8) is 0 Å². The molecule has 6 nitrogen and oxygen atoms in total. The van der Waals surface area contributed by atoms with Crippen LogP contribution in [-0.4, -0.2) is 42.7 Å². The highest BCUT2D eigenvalue weighted by atomic mass is 16.5. The lowest BCUT2D eigenvalue weighted by molar-refractivity contribution is -0.914. The number of fused-ring (bicyclic) bond motifs is 1. The molecule has 0 unspecified atom stereocenters. The van der Waals surface area contributed by atoms with Gasteiger partial charge in [0.05, 0.1) is 39.0 Å². The van der Waals surface area contributed by atoms with Crippen LogP contribution in [0.15, 0.2) is 53.3 Å². The number of ether oxygens (including phenoxy) is 1. The normalized spacial score (nSPS) is 15.3. The number of nitrogens with one attached hydrogen (secondary N) is 1. The quantitative estimate of drug-likeness (QED) is 0.747. The van der Waals surface area contributed by atoms with E-state index in [0.717, 1.165) is 61.2 Å². The first-order valence-electron chi connectivity index (χ1n) is 9.35. The fourth-order valence-electron chi connectivity index (χ4n) is 3.84. The Morgan fingerprint density at radius 3 is 2.67 bits per heavy atom. The highest BCUT2D eigenvalue weighted by molar-refractivity contribution is 5.58. The lowest BCUT2D eigenvalue weighted by Gasteiger charge is -2.34. The van der Waals surface area contributed by atoms with Gasteiger partial charge in [-0.15, -0.1) is 0 Å². The van der Waals surface area contributed by atoms with Crippen molar-refractivity contribution in [3.05, 3.63) is 70.3 Å². The molecule has 0 amide bonds. The Balaban J connectivity index is 1.47. The summed E-state index contributed by atoms with van der Waals surface area (Å²) in [4.78, 5) is 21.0. The molecule has 1 aromatic carbocycles. The number of methoxy groups -OCH3 is 1. The number of aromatic nitrogens is 2. The fourth-order valence-corrected chi connectivity index (χ4v) is 3.84. The van der Waals surface area contributed by atoms with Crippen molar-refractivity contribution in [3.8, 4) is 5.75 Å². The summed E-state index contributed by atoms with van der Waals surface area (Å²) in [7, 11) is 1.71. The molecule has 0 spiro atoms. The van der Waals surface area contributed by atoms with Gasteiger partial charge < -0.3 is 14.5 Å². The zero-order chi connectivity index (χ0) is 18.8. The smallest absolute Gasteiger partial charge is 0.258 e. The summed E-state index contributed by atoms with van der Waals surface area (Å²) in [6.07, 6.45) is 0. The molecule has 1 aliphatic heterocycles. The topological polar surface area (TPSA) is 51.3 Å². The number of quaternary nitrogens is 1. The van der Waals surface area contributed by atoms with Crippen LogP contribution < -0.4 is 20.1 Å². The molecule has 4 rings (SSSR count). The Labute approximate surface area is 158 Å². The molecule has 1 fully saturated rings. The van der Waals surface area contributed by atoms with E-state index in [4.69, 9.17) is 9.72 Å². The summed E-state index contributed by atoms with van der Waals surface area (Å²) < 4.78 is 7.15. The Morgan fingerprint density at radius 1 is 1.11 bits per heavy atom. The maximum absolute atomic E-state index is 12.5. The molecule has 0 saturated carbocycles. The maximum atomic E-state index is 12.5. The average Bonchev–Trinajstić information content (AvgIpc) is 2.68. The van der Waals surface area contributed by atoms with Crippen LogP contribution in [0.25, 0.3) is 5.65 Å². The van der Waals surface area contributed by atoms with E-state index in [0.29, 0.717) is 0 Å². The maximum Gasteiger partial charge on any atom is 0.258 e. The third-order valence-electron chi connectivity index (χ3n) is 5.26. The summed E-state index contributed by atoms with van der Waals surface area (Å²) in [6.45, 7) is 6.64. The second-order valence-corrected chi connectivity index (χ2v) is 7.03. The minimum absolute atomic E-state index is 0.000146. The number of benzene rings is 1. The highest BCUT2D eigenvalue weighted by Gasteiger charge is 2.23. The molecular formula is C21H25N4O2+. The molecule has 3 heterocycles. The molecule has 0 radical (unpaired) electrons. The summed E-state index contributed by atoms with van der Waals surface area (Å²) in [5.41, 5.74) is 3.65. The highest BCUT2D eigenvalue weighted by Crippen LogP contribution is 2.27. The van der Waals surface area contributed by atoms with Crippen molar-refractivity contribution in [2.75, 3.05) is 38.2 Å². The standard InChI is InChI=1S/C21H24N4O2/c1-16-6-5-9-20-22-17(14-21(26)25(16)20)15-23-10-12-24(13-11-23)18-7-3-4-8-19(18)27-2/h3-9,14H,10-13,15H2,1-2H3/p+1. The van der Waals surface area contributed by atoms with Gasteiger partial charge in [-0.05, 0) is 31.2 Å². The van der Waals surface area contributed by atoms with Crippen LogP contribution >= 0.6 is 0 Å². The van der Waals surface area contributed by atoms with Crippen LogP contribution in [0.1, 0.15) is 11.4 Å². The van der Waals surface area contributed by atoms with E-state index >= 15 is 0 Å². The number of piperazine rings is 1. The average molecular weight is 365 g/mol. The third-order valence-corrected chi connectivity index (χ3v) is 5.26. The summed E-state index contributed by atoms with van der Waals surface area (Å²) in [5.74, 6) is 0.917. The van der Waals surface area contributed by atoms with Crippen molar-refractivity contribution >= 4 is 11.3 Å². The fraction of sp³-hybridized carbons (Fsp3) is 0.333. The van der Waals surface area contributed by atoms with E-state index in [1.165, 1.54) is 4.90 Å². The Kier molecular flexibility index (Phi) is 4.81. The molecule has 1 aliphatic rings. The number of nitrogens with zero attached hydrogens (tertiary/aromatic N) is 3. The summed E-state index contributed by atoms with van der Waals surface area (Å²) >= 11 is 0. The van der Waals surface area contributed by atoms with E-state index in [9.17, 15) is 4.79 Å². The second kappa shape index (κ2) is 7.40. The van der Waals surface area contributed by atoms with Crippen molar-refractivity contribution in [2.45, 2.75) is 13.5 Å². The number of aryl methyl sites for hydroxylation is 1. The van der Waals surface area contributed by atoms with Crippen LogP contribution in [0.4, 0.5) is 5.69 Å². The van der Waals surface area contributed by atoms with Crippen molar-refractivity contribution in [2.24, 2.45) is 0 Å². The van der Waals surface area contributed by atoms with E-state index in [1.807, 2.05) is 43.3 Å². The van der Waals surface area contributed by atoms with Crippen molar-refractivity contribution in [1.29, 1.82) is 0 Å². The van der Waals surface area contributed by atoms with Gasteiger partial charge in [-0.2, -0.15) is 0 Å². The lowest BCUT2D eigenvalue weighted by atomic mass is 10.2.